The number of nitrogens with one attached hydrogen (secondary N) is 2. The van der Waals surface area contributed by atoms with Crippen LogP contribution < -0.4 is 14.8 Å². The van der Waals surface area contributed by atoms with Crippen molar-refractivity contribution in [2.75, 3.05) is 5.32 Å². The molecule has 0 aliphatic carbocycles. The van der Waals surface area contributed by atoms with Gasteiger partial charge in [0.2, 0.25) is 21.8 Å². The van der Waals surface area contributed by atoms with Gasteiger partial charge < -0.3 is 15.2 Å². The summed E-state index contributed by atoms with van der Waals surface area (Å²) in [6.45, 7) is 10.6. The summed E-state index contributed by atoms with van der Waals surface area (Å²) in [5, 5.41) is 16.6. The second-order valence-corrected chi connectivity index (χ2v) is 11.2. The number of benzene rings is 2. The zero-order valence-electron chi connectivity index (χ0n) is 21.7. The highest BCUT2D eigenvalue weighted by atomic mass is 32.2. The Morgan fingerprint density at radius 1 is 1.08 bits per heavy atom. The van der Waals surface area contributed by atoms with Crippen molar-refractivity contribution in [3.63, 3.8) is 0 Å². The molecule has 0 fully saturated rings. The van der Waals surface area contributed by atoms with E-state index in [2.05, 4.69) is 15.1 Å². The lowest BCUT2D eigenvalue weighted by atomic mass is 10.1. The van der Waals surface area contributed by atoms with Crippen LogP contribution in [0.3, 0.4) is 0 Å². The normalized spacial score (nSPS) is 11.7. The summed E-state index contributed by atoms with van der Waals surface area (Å²) < 4.78 is 36.5. The lowest BCUT2D eigenvalue weighted by Gasteiger charge is -2.17. The number of aromatic carboxylic acids is 1. The van der Waals surface area contributed by atoms with E-state index in [0.29, 0.717) is 5.69 Å². The minimum atomic E-state index is -4.07. The molecule has 3 N–H and O–H groups in total. The van der Waals surface area contributed by atoms with E-state index in [1.54, 1.807) is 32.9 Å². The minimum absolute atomic E-state index is 0.0511. The molecule has 1 amide bonds. The summed E-state index contributed by atoms with van der Waals surface area (Å²) in [5.74, 6) is -1.36. The number of aromatic nitrogens is 2. The highest BCUT2D eigenvalue weighted by Crippen LogP contribution is 2.36. The van der Waals surface area contributed by atoms with Crippen LogP contribution >= 0.6 is 0 Å². The summed E-state index contributed by atoms with van der Waals surface area (Å²) in [4.78, 5) is 23.9. The van der Waals surface area contributed by atoms with Crippen molar-refractivity contribution in [2.45, 2.75) is 58.9 Å². The second-order valence-electron chi connectivity index (χ2n) is 9.47. The number of amides is 1. The van der Waals surface area contributed by atoms with Crippen LogP contribution in [0.5, 0.6) is 11.6 Å². The molecule has 0 spiro atoms. The van der Waals surface area contributed by atoms with Crippen molar-refractivity contribution >= 4 is 27.6 Å². The maximum Gasteiger partial charge on any atom is 0.356 e. The molecule has 0 aliphatic rings. The average molecular weight is 529 g/mol. The number of rotatable bonds is 10. The van der Waals surface area contributed by atoms with Crippen molar-refractivity contribution in [1.29, 1.82) is 0 Å². The zero-order valence-corrected chi connectivity index (χ0v) is 22.5. The van der Waals surface area contributed by atoms with E-state index in [4.69, 9.17) is 4.74 Å². The fourth-order valence-electron chi connectivity index (χ4n) is 3.71. The van der Waals surface area contributed by atoms with Crippen LogP contribution in [0.25, 0.3) is 5.69 Å². The van der Waals surface area contributed by atoms with Gasteiger partial charge in [0.15, 0.2) is 5.69 Å². The molecule has 0 bridgehead atoms. The molecule has 0 saturated carbocycles. The van der Waals surface area contributed by atoms with Gasteiger partial charge in [-0.05, 0) is 63.4 Å². The van der Waals surface area contributed by atoms with Gasteiger partial charge >= 0.3 is 5.97 Å². The van der Waals surface area contributed by atoms with Crippen LogP contribution in [0.4, 0.5) is 5.69 Å². The van der Waals surface area contributed by atoms with Crippen molar-refractivity contribution in [3.05, 3.63) is 59.3 Å². The molecule has 0 radical (unpaired) electrons. The first-order valence-electron chi connectivity index (χ1n) is 11.8. The van der Waals surface area contributed by atoms with Gasteiger partial charge in [-0.25, -0.2) is 17.9 Å². The quantitative estimate of drug-likeness (QED) is 0.348. The molecule has 10 nitrogen and oxygen atoms in total. The van der Waals surface area contributed by atoms with Crippen molar-refractivity contribution < 1.29 is 27.9 Å². The average Bonchev–Trinajstić information content (AvgIpc) is 3.09. The van der Waals surface area contributed by atoms with Gasteiger partial charge in [-0.15, -0.1) is 0 Å². The number of aryl methyl sites for hydroxylation is 1. The van der Waals surface area contributed by atoms with Crippen molar-refractivity contribution in [2.24, 2.45) is 5.92 Å². The lowest BCUT2D eigenvalue weighted by molar-refractivity contribution is -0.116. The van der Waals surface area contributed by atoms with E-state index in [0.717, 1.165) is 5.56 Å². The summed E-state index contributed by atoms with van der Waals surface area (Å²) in [7, 11) is -4.07. The van der Waals surface area contributed by atoms with Gasteiger partial charge in [0, 0.05) is 23.7 Å². The standard InChI is InChI=1S/C26H32N4O6S/c1-15(2)13-23(31)27-19-11-12-21(22(14-19)37(34,35)29-16(3)4)36-25-18(6)24(26(32)33)28-30(25)20-10-8-7-9-17(20)5/h7-12,14-16,29H,13H2,1-6H3,(H,27,31)(H,32,33). The van der Waals surface area contributed by atoms with Crippen molar-refractivity contribution in [3.8, 4) is 17.3 Å². The molecule has 37 heavy (non-hydrogen) atoms. The predicted octanol–water partition coefficient (Wildman–Crippen LogP) is 4.65. The number of ether oxygens (including phenoxy) is 1. The molecule has 0 saturated heterocycles. The van der Waals surface area contributed by atoms with Crippen LogP contribution in [-0.2, 0) is 14.8 Å². The largest absolute Gasteiger partial charge is 0.476 e. The molecular formula is C26H32N4O6S. The maximum atomic E-state index is 13.3. The van der Waals surface area contributed by atoms with Gasteiger partial charge in [0.05, 0.1) is 5.69 Å². The summed E-state index contributed by atoms with van der Waals surface area (Å²) in [5.41, 5.74) is 1.68. The number of carbonyl (C=O) groups is 2. The van der Waals surface area contributed by atoms with Crippen LogP contribution in [0.2, 0.25) is 0 Å². The molecule has 11 heteroatoms. The van der Waals surface area contributed by atoms with E-state index in [1.165, 1.54) is 22.9 Å². The third-order valence-electron chi connectivity index (χ3n) is 5.32. The number of anilines is 1. The van der Waals surface area contributed by atoms with Gasteiger partial charge in [-0.2, -0.15) is 9.78 Å². The maximum absolute atomic E-state index is 13.3. The smallest absolute Gasteiger partial charge is 0.356 e. The molecule has 3 aromatic rings. The Hall–Kier alpha value is -3.70. The summed E-state index contributed by atoms with van der Waals surface area (Å²) in [6, 6.07) is 11.1. The monoisotopic (exact) mass is 528 g/mol. The van der Waals surface area contributed by atoms with E-state index < -0.39 is 22.0 Å². The molecule has 3 rings (SSSR count). The Bertz CT molecular complexity index is 1430. The van der Waals surface area contributed by atoms with Crippen LogP contribution in [0, 0.1) is 19.8 Å². The fourth-order valence-corrected chi connectivity index (χ4v) is 5.11. The Morgan fingerprint density at radius 3 is 2.35 bits per heavy atom. The number of hydrogen-bond acceptors (Lipinski definition) is 6. The van der Waals surface area contributed by atoms with Gasteiger partial charge in [0.1, 0.15) is 10.6 Å². The molecule has 198 valence electrons. The number of carboxylic acids is 1. The molecule has 0 unspecified atom stereocenters. The van der Waals surface area contributed by atoms with Crippen LogP contribution in [-0.4, -0.2) is 41.2 Å². The lowest BCUT2D eigenvalue weighted by Crippen LogP contribution is -2.30. The first-order chi connectivity index (χ1) is 17.3. The molecular weight excluding hydrogens is 496 g/mol. The zero-order chi connectivity index (χ0) is 27.5. The number of hydrogen-bond donors (Lipinski definition) is 3. The van der Waals surface area contributed by atoms with Crippen LogP contribution in [0.15, 0.2) is 47.4 Å². The topological polar surface area (TPSA) is 140 Å². The third-order valence-corrected chi connectivity index (χ3v) is 7.00. The summed E-state index contributed by atoms with van der Waals surface area (Å²) in [6.07, 6.45) is 0.275. The highest BCUT2D eigenvalue weighted by molar-refractivity contribution is 7.89. The minimum Gasteiger partial charge on any atom is -0.476 e. The van der Waals surface area contributed by atoms with Crippen molar-refractivity contribution in [1.82, 2.24) is 14.5 Å². The van der Waals surface area contributed by atoms with Gasteiger partial charge in [0.25, 0.3) is 0 Å². The number of para-hydroxylation sites is 1. The third kappa shape index (κ3) is 6.55. The summed E-state index contributed by atoms with van der Waals surface area (Å²) >= 11 is 0. The molecule has 2 aromatic carbocycles. The number of sulfonamides is 1. The molecule has 1 aromatic heterocycles. The molecule has 0 atom stereocenters. The first kappa shape index (κ1) is 27.9. The predicted molar refractivity (Wildman–Crippen MR) is 140 cm³/mol. The fraction of sp³-hybridized carbons (Fsp3) is 0.346. The number of carbonyl (C=O) groups excluding carboxylic acids is 1. The SMILES string of the molecule is Cc1ccccc1-n1nc(C(=O)O)c(C)c1Oc1ccc(NC(=O)CC(C)C)cc1S(=O)(=O)NC(C)C. The van der Waals surface area contributed by atoms with E-state index in [-0.39, 0.29) is 51.7 Å². The first-order valence-corrected chi connectivity index (χ1v) is 13.3. The Kier molecular flexibility index (Phi) is 8.39. The number of nitrogens with zero attached hydrogens (tertiary/aromatic N) is 2. The second kappa shape index (κ2) is 11.1. The molecule has 0 aliphatic heterocycles. The highest BCUT2D eigenvalue weighted by Gasteiger charge is 2.27. The Balaban J connectivity index is 2.16. The number of carboxylic acid groups (broad SMARTS) is 1. The molecule has 1 heterocycles. The Labute approximate surface area is 216 Å². The van der Waals surface area contributed by atoms with E-state index >= 15 is 0 Å². The van der Waals surface area contributed by atoms with E-state index in [9.17, 15) is 23.1 Å². The van der Waals surface area contributed by atoms with E-state index in [1.807, 2.05) is 32.9 Å². The Morgan fingerprint density at radius 2 is 1.76 bits per heavy atom. The van der Waals surface area contributed by atoms with Gasteiger partial charge in [-0.1, -0.05) is 32.0 Å². The van der Waals surface area contributed by atoms with Crippen LogP contribution in [0.1, 0.15) is 55.7 Å². The van der Waals surface area contributed by atoms with Gasteiger partial charge in [-0.3, -0.25) is 4.79 Å².